The summed E-state index contributed by atoms with van der Waals surface area (Å²) in [5, 5.41) is 10.1. The van der Waals surface area contributed by atoms with Gasteiger partial charge in [0.2, 0.25) is 5.91 Å². The third kappa shape index (κ3) is 3.45. The van der Waals surface area contributed by atoms with Crippen molar-refractivity contribution in [2.75, 3.05) is 18.4 Å². The van der Waals surface area contributed by atoms with Gasteiger partial charge in [0, 0.05) is 44.0 Å². The van der Waals surface area contributed by atoms with E-state index in [4.69, 9.17) is 0 Å². The number of aromatic nitrogens is 2. The van der Waals surface area contributed by atoms with E-state index in [1.54, 1.807) is 10.9 Å². The number of fused-ring (bicyclic) bond motifs is 1. The molecule has 1 fully saturated rings. The molecule has 2 N–H and O–H groups in total. The molecule has 4 rings (SSSR count). The number of hydrogen-bond donors (Lipinski definition) is 2. The molecule has 0 spiro atoms. The van der Waals surface area contributed by atoms with Gasteiger partial charge in [-0.2, -0.15) is 5.10 Å². The number of aryl methyl sites for hydroxylation is 1. The lowest BCUT2D eigenvalue weighted by Gasteiger charge is -2.17. The molecule has 2 aliphatic rings. The second-order valence-corrected chi connectivity index (χ2v) is 6.14. The maximum Gasteiger partial charge on any atom is 0.586 e. The molecule has 1 aromatic carbocycles. The number of ether oxygens (including phenoxy) is 2. The lowest BCUT2D eigenvalue weighted by Crippen LogP contribution is -2.28. The van der Waals surface area contributed by atoms with E-state index in [0.29, 0.717) is 18.8 Å². The van der Waals surface area contributed by atoms with Crippen LogP contribution >= 0.6 is 12.4 Å². The van der Waals surface area contributed by atoms with Crippen LogP contribution in [-0.4, -0.2) is 35.1 Å². The van der Waals surface area contributed by atoms with Crippen LogP contribution in [-0.2, 0) is 11.8 Å². The summed E-state index contributed by atoms with van der Waals surface area (Å²) in [5.41, 5.74) is 1.36. The molecule has 0 bridgehead atoms. The van der Waals surface area contributed by atoms with Gasteiger partial charge in [-0.25, -0.2) is 0 Å². The minimum absolute atomic E-state index is 0. The molecule has 3 heterocycles. The van der Waals surface area contributed by atoms with Crippen LogP contribution in [0.3, 0.4) is 0 Å². The highest BCUT2D eigenvalue weighted by Crippen LogP contribution is 2.42. The third-order valence-electron chi connectivity index (χ3n) is 4.37. The zero-order chi connectivity index (χ0) is 17.6. The van der Waals surface area contributed by atoms with Crippen LogP contribution in [0.15, 0.2) is 30.6 Å². The highest BCUT2D eigenvalue weighted by molar-refractivity contribution is 5.94. The molecular weight excluding hydrogens is 370 g/mol. The molecule has 2 aromatic rings. The average molecular weight is 387 g/mol. The Labute approximate surface area is 154 Å². The SMILES string of the molecule is Cl.Cn1cc([C@H]2CNC[C@@H]2C(=O)Nc2ccc3c(c2)OC(F)(F)O3)cn1. The van der Waals surface area contributed by atoms with E-state index in [-0.39, 0.29) is 41.6 Å². The van der Waals surface area contributed by atoms with Gasteiger partial charge in [0.25, 0.3) is 0 Å². The zero-order valence-electron chi connectivity index (χ0n) is 13.7. The first-order valence-corrected chi connectivity index (χ1v) is 7.81. The summed E-state index contributed by atoms with van der Waals surface area (Å²) in [7, 11) is 1.82. The van der Waals surface area contributed by atoms with E-state index in [2.05, 4.69) is 25.2 Å². The maximum absolute atomic E-state index is 13.1. The predicted octanol–water partition coefficient (Wildman–Crippen LogP) is 2.11. The summed E-state index contributed by atoms with van der Waals surface area (Å²) in [6.07, 6.45) is -0.0348. The second kappa shape index (κ2) is 6.73. The van der Waals surface area contributed by atoms with Crippen LogP contribution in [0.4, 0.5) is 14.5 Å². The van der Waals surface area contributed by atoms with E-state index in [0.717, 1.165) is 5.56 Å². The Hall–Kier alpha value is -2.39. The smallest absolute Gasteiger partial charge is 0.395 e. The fraction of sp³-hybridized carbons (Fsp3) is 0.375. The number of halogens is 3. The van der Waals surface area contributed by atoms with E-state index < -0.39 is 6.29 Å². The van der Waals surface area contributed by atoms with Gasteiger partial charge >= 0.3 is 6.29 Å². The number of alkyl halides is 2. The van der Waals surface area contributed by atoms with Crippen LogP contribution in [0.5, 0.6) is 11.5 Å². The van der Waals surface area contributed by atoms with Crippen molar-refractivity contribution in [1.82, 2.24) is 15.1 Å². The maximum atomic E-state index is 13.1. The van der Waals surface area contributed by atoms with Gasteiger partial charge in [-0.05, 0) is 17.7 Å². The number of nitrogens with zero attached hydrogens (tertiary/aromatic N) is 2. The first-order valence-electron chi connectivity index (χ1n) is 7.81. The Kier molecular flexibility index (Phi) is 4.76. The van der Waals surface area contributed by atoms with Crippen LogP contribution < -0.4 is 20.1 Å². The predicted molar refractivity (Wildman–Crippen MR) is 90.8 cm³/mol. The van der Waals surface area contributed by atoms with Crippen LogP contribution in [0.2, 0.25) is 0 Å². The molecule has 2 aliphatic heterocycles. The number of hydrogen-bond acceptors (Lipinski definition) is 5. The molecule has 0 saturated carbocycles. The average Bonchev–Trinajstić information content (AvgIpc) is 3.23. The largest absolute Gasteiger partial charge is 0.586 e. The summed E-state index contributed by atoms with van der Waals surface area (Å²) in [4.78, 5) is 12.6. The Morgan fingerprint density at radius 3 is 2.85 bits per heavy atom. The number of anilines is 1. The monoisotopic (exact) mass is 386 g/mol. The van der Waals surface area contributed by atoms with Crippen molar-refractivity contribution in [2.24, 2.45) is 13.0 Å². The fourth-order valence-electron chi connectivity index (χ4n) is 3.20. The van der Waals surface area contributed by atoms with Crippen molar-refractivity contribution in [3.05, 3.63) is 36.2 Å². The highest BCUT2D eigenvalue weighted by atomic mass is 35.5. The van der Waals surface area contributed by atoms with Crippen molar-refractivity contribution in [3.8, 4) is 11.5 Å². The molecule has 26 heavy (non-hydrogen) atoms. The fourth-order valence-corrected chi connectivity index (χ4v) is 3.20. The molecule has 1 aromatic heterocycles. The van der Waals surface area contributed by atoms with E-state index >= 15 is 0 Å². The Balaban J connectivity index is 0.00000196. The second-order valence-electron chi connectivity index (χ2n) is 6.14. The Morgan fingerprint density at radius 2 is 2.12 bits per heavy atom. The lowest BCUT2D eigenvalue weighted by atomic mass is 9.90. The van der Waals surface area contributed by atoms with Crippen LogP contribution in [0.1, 0.15) is 11.5 Å². The molecule has 0 unspecified atom stereocenters. The molecule has 1 amide bonds. The number of benzene rings is 1. The zero-order valence-corrected chi connectivity index (χ0v) is 14.6. The summed E-state index contributed by atoms with van der Waals surface area (Å²) in [5.74, 6) is -0.623. The highest BCUT2D eigenvalue weighted by Gasteiger charge is 2.43. The molecule has 10 heteroatoms. The first-order chi connectivity index (χ1) is 11.9. The third-order valence-corrected chi connectivity index (χ3v) is 4.37. The molecular formula is C16H17ClF2N4O3. The Morgan fingerprint density at radius 1 is 1.35 bits per heavy atom. The van der Waals surface area contributed by atoms with E-state index in [1.165, 1.54) is 18.2 Å². The quantitative estimate of drug-likeness (QED) is 0.844. The van der Waals surface area contributed by atoms with Crippen molar-refractivity contribution >= 4 is 24.0 Å². The number of carbonyl (C=O) groups excluding carboxylic acids is 1. The molecule has 1 saturated heterocycles. The lowest BCUT2D eigenvalue weighted by molar-refractivity contribution is -0.286. The van der Waals surface area contributed by atoms with Gasteiger partial charge in [-0.15, -0.1) is 21.2 Å². The van der Waals surface area contributed by atoms with Crippen molar-refractivity contribution in [3.63, 3.8) is 0 Å². The Bertz CT molecular complexity index is 830. The van der Waals surface area contributed by atoms with Gasteiger partial charge in [-0.1, -0.05) is 0 Å². The summed E-state index contributed by atoms with van der Waals surface area (Å²) in [6.45, 7) is 1.21. The molecule has 0 aliphatic carbocycles. The van der Waals surface area contributed by atoms with Crippen LogP contribution in [0, 0.1) is 5.92 Å². The summed E-state index contributed by atoms with van der Waals surface area (Å²) >= 11 is 0. The van der Waals surface area contributed by atoms with E-state index in [1.807, 2.05) is 13.2 Å². The standard InChI is InChI=1S/C16H16F2N4O3.ClH/c1-22-8-9(5-20-22)11-6-19-7-12(11)15(23)21-10-2-3-13-14(4-10)25-16(17,18)24-13;/h2-5,8,11-12,19H,6-7H2,1H3,(H,21,23);1H/t11-,12+;/m1./s1. The molecule has 140 valence electrons. The van der Waals surface area contributed by atoms with E-state index in [9.17, 15) is 13.6 Å². The molecule has 0 radical (unpaired) electrons. The minimum Gasteiger partial charge on any atom is -0.395 e. The van der Waals surface area contributed by atoms with Gasteiger partial charge in [0.05, 0.1) is 12.1 Å². The topological polar surface area (TPSA) is 77.4 Å². The van der Waals surface area contributed by atoms with Crippen molar-refractivity contribution in [2.45, 2.75) is 12.2 Å². The first kappa shape index (κ1) is 18.4. The summed E-state index contributed by atoms with van der Waals surface area (Å²) < 4.78 is 36.6. The minimum atomic E-state index is -3.67. The number of carbonyl (C=O) groups is 1. The number of nitrogens with one attached hydrogen (secondary N) is 2. The van der Waals surface area contributed by atoms with Gasteiger partial charge < -0.3 is 20.1 Å². The number of rotatable bonds is 3. The molecule has 7 nitrogen and oxygen atoms in total. The van der Waals surface area contributed by atoms with Crippen LogP contribution in [0.25, 0.3) is 0 Å². The molecule has 2 atom stereocenters. The number of amides is 1. The van der Waals surface area contributed by atoms with Gasteiger partial charge in [-0.3, -0.25) is 9.48 Å². The summed E-state index contributed by atoms with van der Waals surface area (Å²) in [6, 6.07) is 4.18. The van der Waals surface area contributed by atoms with Crippen molar-refractivity contribution < 1.29 is 23.0 Å². The van der Waals surface area contributed by atoms with Gasteiger partial charge in [0.15, 0.2) is 11.5 Å². The van der Waals surface area contributed by atoms with Gasteiger partial charge in [0.1, 0.15) is 0 Å². The van der Waals surface area contributed by atoms with Crippen molar-refractivity contribution in [1.29, 1.82) is 0 Å². The normalized spacial score (nSPS) is 22.7.